The zero-order valence-corrected chi connectivity index (χ0v) is 13.2. The smallest absolute Gasteiger partial charge is 0.252 e. The molecule has 1 N–H and O–H groups in total. The van der Waals surface area contributed by atoms with Gasteiger partial charge in [0, 0.05) is 5.56 Å². The summed E-state index contributed by atoms with van der Waals surface area (Å²) in [6.07, 6.45) is 4.73. The van der Waals surface area contributed by atoms with Gasteiger partial charge < -0.3 is 5.32 Å². The SMILES string of the molecule is CCC1CCC(C#N)(NC(=O)c2ccc(C)c(C)c2)CC1. The summed E-state index contributed by atoms with van der Waals surface area (Å²) in [6, 6.07) is 8.04. The Balaban J connectivity index is 2.10. The van der Waals surface area contributed by atoms with Crippen LogP contribution in [0, 0.1) is 31.1 Å². The number of rotatable bonds is 3. The van der Waals surface area contributed by atoms with Gasteiger partial charge in [-0.3, -0.25) is 4.79 Å². The minimum atomic E-state index is -0.679. The average molecular weight is 284 g/mol. The van der Waals surface area contributed by atoms with E-state index in [-0.39, 0.29) is 5.91 Å². The minimum Gasteiger partial charge on any atom is -0.334 e. The van der Waals surface area contributed by atoms with Crippen molar-refractivity contribution in [3.63, 3.8) is 0 Å². The normalized spacial score (nSPS) is 25.1. The van der Waals surface area contributed by atoms with Gasteiger partial charge in [-0.2, -0.15) is 5.26 Å². The summed E-state index contributed by atoms with van der Waals surface area (Å²) in [5.74, 6) is 0.569. The average Bonchev–Trinajstić information content (AvgIpc) is 2.50. The van der Waals surface area contributed by atoms with Crippen LogP contribution in [0.15, 0.2) is 18.2 Å². The highest BCUT2D eigenvalue weighted by Gasteiger charge is 2.36. The molecular weight excluding hydrogens is 260 g/mol. The predicted octanol–water partition coefficient (Wildman–Crippen LogP) is 3.90. The molecule has 0 heterocycles. The van der Waals surface area contributed by atoms with Crippen molar-refractivity contribution in [3.05, 3.63) is 34.9 Å². The highest BCUT2D eigenvalue weighted by molar-refractivity contribution is 5.95. The van der Waals surface area contributed by atoms with E-state index in [0.717, 1.165) is 37.7 Å². The molecule has 0 saturated heterocycles. The van der Waals surface area contributed by atoms with E-state index in [1.165, 1.54) is 5.56 Å². The van der Waals surface area contributed by atoms with Gasteiger partial charge in [0.15, 0.2) is 0 Å². The monoisotopic (exact) mass is 284 g/mol. The summed E-state index contributed by atoms with van der Waals surface area (Å²) < 4.78 is 0. The Hall–Kier alpha value is -1.82. The lowest BCUT2D eigenvalue weighted by Gasteiger charge is -2.35. The zero-order chi connectivity index (χ0) is 15.5. The summed E-state index contributed by atoms with van der Waals surface area (Å²) >= 11 is 0. The van der Waals surface area contributed by atoms with Crippen LogP contribution in [-0.2, 0) is 0 Å². The van der Waals surface area contributed by atoms with Crippen molar-refractivity contribution in [2.24, 2.45) is 5.92 Å². The van der Waals surface area contributed by atoms with Crippen LogP contribution in [0.3, 0.4) is 0 Å². The van der Waals surface area contributed by atoms with Crippen LogP contribution in [0.4, 0.5) is 0 Å². The molecule has 0 unspecified atom stereocenters. The van der Waals surface area contributed by atoms with Crippen molar-refractivity contribution in [1.29, 1.82) is 5.26 Å². The molecule has 2 rings (SSSR count). The maximum atomic E-state index is 12.4. The molecule has 1 fully saturated rings. The fourth-order valence-electron chi connectivity index (χ4n) is 3.02. The Bertz CT molecular complexity index is 563. The molecule has 3 nitrogen and oxygen atoms in total. The number of nitriles is 1. The lowest BCUT2D eigenvalue weighted by Crippen LogP contribution is -2.49. The van der Waals surface area contributed by atoms with Crippen molar-refractivity contribution < 1.29 is 4.79 Å². The van der Waals surface area contributed by atoms with Crippen LogP contribution in [0.5, 0.6) is 0 Å². The molecule has 0 bridgehead atoms. The molecule has 1 aliphatic rings. The van der Waals surface area contributed by atoms with Crippen molar-refractivity contribution in [2.75, 3.05) is 0 Å². The summed E-state index contributed by atoms with van der Waals surface area (Å²) in [5.41, 5.74) is 2.24. The van der Waals surface area contributed by atoms with Gasteiger partial charge in [-0.25, -0.2) is 0 Å². The molecule has 0 aliphatic heterocycles. The first-order valence-corrected chi connectivity index (χ1v) is 7.80. The van der Waals surface area contributed by atoms with Gasteiger partial charge in [-0.1, -0.05) is 19.4 Å². The second-order valence-electron chi connectivity index (χ2n) is 6.30. The fourth-order valence-corrected chi connectivity index (χ4v) is 3.02. The molecule has 3 heteroatoms. The third-order valence-electron chi connectivity index (χ3n) is 4.87. The zero-order valence-electron chi connectivity index (χ0n) is 13.2. The van der Waals surface area contributed by atoms with E-state index in [1.807, 2.05) is 32.0 Å². The largest absolute Gasteiger partial charge is 0.334 e. The van der Waals surface area contributed by atoms with Gasteiger partial charge >= 0.3 is 0 Å². The third-order valence-corrected chi connectivity index (χ3v) is 4.87. The van der Waals surface area contributed by atoms with Gasteiger partial charge in [0.1, 0.15) is 5.54 Å². The summed E-state index contributed by atoms with van der Waals surface area (Å²) in [4.78, 5) is 12.4. The lowest BCUT2D eigenvalue weighted by molar-refractivity contribution is 0.0891. The van der Waals surface area contributed by atoms with E-state index in [0.29, 0.717) is 11.5 Å². The van der Waals surface area contributed by atoms with E-state index in [1.54, 1.807) is 0 Å². The molecule has 1 aromatic rings. The Labute approximate surface area is 127 Å². The first-order valence-electron chi connectivity index (χ1n) is 7.80. The summed E-state index contributed by atoms with van der Waals surface area (Å²) in [5, 5.41) is 12.5. The summed E-state index contributed by atoms with van der Waals surface area (Å²) in [6.45, 7) is 6.22. The molecule has 1 saturated carbocycles. The number of hydrogen-bond donors (Lipinski definition) is 1. The molecule has 0 spiro atoms. The van der Waals surface area contributed by atoms with E-state index in [9.17, 15) is 10.1 Å². The van der Waals surface area contributed by atoms with E-state index in [2.05, 4.69) is 18.3 Å². The Morgan fingerprint density at radius 3 is 2.52 bits per heavy atom. The maximum Gasteiger partial charge on any atom is 0.252 e. The predicted molar refractivity (Wildman–Crippen MR) is 84.0 cm³/mol. The molecule has 112 valence electrons. The van der Waals surface area contributed by atoms with Crippen LogP contribution in [0.2, 0.25) is 0 Å². The summed E-state index contributed by atoms with van der Waals surface area (Å²) in [7, 11) is 0. The van der Waals surface area contributed by atoms with Gasteiger partial charge in [0.2, 0.25) is 0 Å². The van der Waals surface area contributed by atoms with Gasteiger partial charge in [0.25, 0.3) is 5.91 Å². The Morgan fingerprint density at radius 2 is 2.00 bits per heavy atom. The Kier molecular flexibility index (Phi) is 4.67. The number of aryl methyl sites for hydroxylation is 2. The highest BCUT2D eigenvalue weighted by Crippen LogP contribution is 2.33. The molecular formula is C18H24N2O. The van der Waals surface area contributed by atoms with Crippen LogP contribution in [0.1, 0.15) is 60.5 Å². The molecule has 0 aromatic heterocycles. The molecule has 21 heavy (non-hydrogen) atoms. The molecule has 1 aromatic carbocycles. The first kappa shape index (κ1) is 15.6. The highest BCUT2D eigenvalue weighted by atomic mass is 16.1. The molecule has 1 aliphatic carbocycles. The lowest BCUT2D eigenvalue weighted by atomic mass is 9.76. The van der Waals surface area contributed by atoms with Crippen LogP contribution < -0.4 is 5.32 Å². The van der Waals surface area contributed by atoms with E-state index >= 15 is 0 Å². The van der Waals surface area contributed by atoms with Crippen molar-refractivity contribution in [1.82, 2.24) is 5.32 Å². The number of carbonyl (C=O) groups is 1. The van der Waals surface area contributed by atoms with E-state index < -0.39 is 5.54 Å². The first-order chi connectivity index (χ1) is 9.99. The van der Waals surface area contributed by atoms with Crippen LogP contribution in [0.25, 0.3) is 0 Å². The van der Waals surface area contributed by atoms with Crippen molar-refractivity contribution >= 4 is 5.91 Å². The van der Waals surface area contributed by atoms with E-state index in [4.69, 9.17) is 0 Å². The second-order valence-corrected chi connectivity index (χ2v) is 6.30. The molecule has 0 atom stereocenters. The van der Waals surface area contributed by atoms with Crippen LogP contribution in [-0.4, -0.2) is 11.4 Å². The van der Waals surface area contributed by atoms with Gasteiger partial charge in [-0.15, -0.1) is 0 Å². The quantitative estimate of drug-likeness (QED) is 0.915. The fraction of sp³-hybridized carbons (Fsp3) is 0.556. The third kappa shape index (κ3) is 3.44. The van der Waals surface area contributed by atoms with Gasteiger partial charge in [0.05, 0.1) is 6.07 Å². The number of amides is 1. The number of benzene rings is 1. The van der Waals surface area contributed by atoms with Crippen molar-refractivity contribution in [2.45, 2.75) is 58.4 Å². The number of nitrogens with one attached hydrogen (secondary N) is 1. The topological polar surface area (TPSA) is 52.9 Å². The van der Waals surface area contributed by atoms with Gasteiger partial charge in [-0.05, 0) is 68.7 Å². The van der Waals surface area contributed by atoms with Crippen LogP contribution >= 0.6 is 0 Å². The van der Waals surface area contributed by atoms with Crippen molar-refractivity contribution in [3.8, 4) is 6.07 Å². The standard InChI is InChI=1S/C18H24N2O/c1-4-15-7-9-18(12-19,10-8-15)20-17(21)16-6-5-13(2)14(3)11-16/h5-6,11,15H,4,7-10H2,1-3H3,(H,20,21). The molecule has 0 radical (unpaired) electrons. The number of carbonyl (C=O) groups excluding carboxylic acids is 1. The number of hydrogen-bond acceptors (Lipinski definition) is 2. The maximum absolute atomic E-state index is 12.4. The number of nitrogens with zero attached hydrogens (tertiary/aromatic N) is 1. The minimum absolute atomic E-state index is 0.130. The Morgan fingerprint density at radius 1 is 1.33 bits per heavy atom. The second kappa shape index (κ2) is 6.30. The molecule has 1 amide bonds.